The summed E-state index contributed by atoms with van der Waals surface area (Å²) in [4.78, 5) is 4.90. The Balaban J connectivity index is 1.91. The number of benzene rings is 2. The van der Waals surface area contributed by atoms with E-state index >= 15 is 0 Å². The maximum Gasteiger partial charge on any atom is 0.165 e. The van der Waals surface area contributed by atoms with Crippen LogP contribution in [0.2, 0.25) is 5.02 Å². The van der Waals surface area contributed by atoms with Crippen LogP contribution >= 0.6 is 11.6 Å². The van der Waals surface area contributed by atoms with Crippen LogP contribution in [-0.2, 0) is 0 Å². The lowest BCUT2D eigenvalue weighted by Gasteiger charge is -2.11. The number of anilines is 1. The molecule has 0 aliphatic carbocycles. The first-order valence-electron chi connectivity index (χ1n) is 8.70. The van der Waals surface area contributed by atoms with E-state index in [1.807, 2.05) is 53.2 Å². The topological polar surface area (TPSA) is 42.2 Å². The highest BCUT2D eigenvalue weighted by Crippen LogP contribution is 2.29. The minimum absolute atomic E-state index is 0.716. The van der Waals surface area contributed by atoms with Gasteiger partial charge in [-0.05, 0) is 24.1 Å². The van der Waals surface area contributed by atoms with E-state index in [9.17, 15) is 0 Å². The van der Waals surface area contributed by atoms with Gasteiger partial charge in [0, 0.05) is 28.8 Å². The molecule has 0 atom stereocenters. The zero-order valence-electron chi connectivity index (χ0n) is 14.5. The average molecular weight is 363 g/mol. The molecule has 0 fully saturated rings. The van der Waals surface area contributed by atoms with E-state index < -0.39 is 0 Å². The van der Waals surface area contributed by atoms with Gasteiger partial charge in [0.2, 0.25) is 0 Å². The summed E-state index contributed by atoms with van der Waals surface area (Å²) in [5.74, 6) is 0.941. The molecule has 0 radical (unpaired) electrons. The van der Waals surface area contributed by atoms with Crippen molar-refractivity contribution in [3.8, 4) is 22.4 Å². The molecule has 1 N–H and O–H groups in total. The van der Waals surface area contributed by atoms with Crippen molar-refractivity contribution >= 4 is 23.1 Å². The molecule has 5 heteroatoms. The predicted octanol–water partition coefficient (Wildman–Crippen LogP) is 5.54. The number of hydrogen-bond acceptors (Lipinski definition) is 3. The molecule has 4 nitrogen and oxygen atoms in total. The second kappa shape index (κ2) is 7.18. The summed E-state index contributed by atoms with van der Waals surface area (Å²) in [7, 11) is 0. The van der Waals surface area contributed by atoms with Crippen LogP contribution in [0.4, 0.5) is 5.82 Å². The molecule has 130 valence electrons. The number of rotatable bonds is 5. The SMILES string of the molecule is CCCNc1cc(-c2ccccc2)nc2c(-c3ccc(Cl)cc3)cnn12. The van der Waals surface area contributed by atoms with Crippen LogP contribution in [0.15, 0.2) is 66.9 Å². The average Bonchev–Trinajstić information content (AvgIpc) is 3.11. The lowest BCUT2D eigenvalue weighted by Crippen LogP contribution is -2.07. The number of nitrogens with zero attached hydrogens (tertiary/aromatic N) is 3. The van der Waals surface area contributed by atoms with Gasteiger partial charge >= 0.3 is 0 Å². The zero-order valence-corrected chi connectivity index (χ0v) is 15.2. The molecular weight excluding hydrogens is 344 g/mol. The molecule has 2 aromatic heterocycles. The highest BCUT2D eigenvalue weighted by atomic mass is 35.5. The number of aromatic nitrogens is 3. The van der Waals surface area contributed by atoms with Gasteiger partial charge in [0.25, 0.3) is 0 Å². The van der Waals surface area contributed by atoms with Crippen LogP contribution in [-0.4, -0.2) is 21.1 Å². The summed E-state index contributed by atoms with van der Waals surface area (Å²) in [6.45, 7) is 3.02. The van der Waals surface area contributed by atoms with E-state index in [0.29, 0.717) is 5.02 Å². The van der Waals surface area contributed by atoms with Gasteiger partial charge in [-0.1, -0.05) is 61.0 Å². The standard InChI is InChI=1S/C21H19ClN4/c1-2-12-23-20-13-19(16-6-4-3-5-7-16)25-21-18(14-24-26(20)21)15-8-10-17(22)11-9-15/h3-11,13-14,23H,2,12H2,1H3. The van der Waals surface area contributed by atoms with Crippen molar-refractivity contribution in [1.29, 1.82) is 0 Å². The normalized spacial score (nSPS) is 11.0. The van der Waals surface area contributed by atoms with Gasteiger partial charge in [0.05, 0.1) is 11.9 Å². The second-order valence-corrected chi connectivity index (χ2v) is 6.56. The minimum Gasteiger partial charge on any atom is -0.370 e. The number of hydrogen-bond donors (Lipinski definition) is 1. The van der Waals surface area contributed by atoms with Gasteiger partial charge < -0.3 is 5.32 Å². The second-order valence-electron chi connectivity index (χ2n) is 6.12. The molecule has 0 saturated heterocycles. The number of fused-ring (bicyclic) bond motifs is 1. The summed E-state index contributed by atoms with van der Waals surface area (Å²) in [6, 6.07) is 20.0. The summed E-state index contributed by atoms with van der Waals surface area (Å²) in [6.07, 6.45) is 2.90. The molecule has 2 heterocycles. The molecule has 2 aromatic carbocycles. The molecule has 0 bridgehead atoms. The predicted molar refractivity (Wildman–Crippen MR) is 108 cm³/mol. The van der Waals surface area contributed by atoms with Crippen molar-refractivity contribution in [3.63, 3.8) is 0 Å². The quantitative estimate of drug-likeness (QED) is 0.507. The van der Waals surface area contributed by atoms with Crippen molar-refractivity contribution in [2.24, 2.45) is 0 Å². The smallest absolute Gasteiger partial charge is 0.165 e. The summed E-state index contributed by atoms with van der Waals surface area (Å²) in [5, 5.41) is 8.74. The molecule has 26 heavy (non-hydrogen) atoms. The van der Waals surface area contributed by atoms with E-state index in [-0.39, 0.29) is 0 Å². The maximum absolute atomic E-state index is 6.03. The Morgan fingerprint density at radius 2 is 1.77 bits per heavy atom. The van der Waals surface area contributed by atoms with Gasteiger partial charge in [-0.2, -0.15) is 9.61 Å². The van der Waals surface area contributed by atoms with E-state index in [1.54, 1.807) is 0 Å². The molecule has 0 unspecified atom stereocenters. The van der Waals surface area contributed by atoms with E-state index in [4.69, 9.17) is 16.6 Å². The van der Waals surface area contributed by atoms with Crippen molar-refractivity contribution in [1.82, 2.24) is 14.6 Å². The third kappa shape index (κ3) is 3.16. The van der Waals surface area contributed by atoms with Crippen molar-refractivity contribution in [3.05, 3.63) is 71.9 Å². The van der Waals surface area contributed by atoms with Crippen LogP contribution in [0.25, 0.3) is 28.0 Å². The molecule has 0 amide bonds. The summed E-state index contributed by atoms with van der Waals surface area (Å²) in [5.41, 5.74) is 4.86. The van der Waals surface area contributed by atoms with Crippen LogP contribution < -0.4 is 5.32 Å². The molecule has 4 rings (SSSR count). The highest BCUT2D eigenvalue weighted by molar-refractivity contribution is 6.30. The Labute approximate surface area is 157 Å². The fourth-order valence-electron chi connectivity index (χ4n) is 2.93. The Bertz CT molecular complexity index is 1020. The van der Waals surface area contributed by atoms with Gasteiger partial charge in [-0.25, -0.2) is 4.98 Å². The molecule has 0 saturated carbocycles. The van der Waals surface area contributed by atoms with Gasteiger partial charge in [0.1, 0.15) is 5.82 Å². The van der Waals surface area contributed by atoms with Crippen LogP contribution in [0, 0.1) is 0 Å². The zero-order chi connectivity index (χ0) is 17.9. The van der Waals surface area contributed by atoms with E-state index in [1.165, 1.54) is 0 Å². The van der Waals surface area contributed by atoms with Crippen molar-refractivity contribution in [2.75, 3.05) is 11.9 Å². The molecule has 0 aliphatic rings. The van der Waals surface area contributed by atoms with E-state index in [2.05, 4.69) is 35.5 Å². The Hall–Kier alpha value is -2.85. The van der Waals surface area contributed by atoms with Crippen LogP contribution in [0.5, 0.6) is 0 Å². The van der Waals surface area contributed by atoms with Crippen molar-refractivity contribution < 1.29 is 0 Å². The first-order valence-corrected chi connectivity index (χ1v) is 9.08. The first-order chi connectivity index (χ1) is 12.8. The molecule has 4 aromatic rings. The minimum atomic E-state index is 0.716. The largest absolute Gasteiger partial charge is 0.370 e. The fourth-order valence-corrected chi connectivity index (χ4v) is 3.06. The highest BCUT2D eigenvalue weighted by Gasteiger charge is 2.13. The van der Waals surface area contributed by atoms with Crippen LogP contribution in [0.3, 0.4) is 0 Å². The van der Waals surface area contributed by atoms with Gasteiger partial charge in [-0.3, -0.25) is 0 Å². The fraction of sp³-hybridized carbons (Fsp3) is 0.143. The Morgan fingerprint density at radius 1 is 1.00 bits per heavy atom. The lowest BCUT2D eigenvalue weighted by molar-refractivity contribution is 0.904. The molecule has 0 spiro atoms. The summed E-state index contributed by atoms with van der Waals surface area (Å²) < 4.78 is 1.87. The lowest BCUT2D eigenvalue weighted by atomic mass is 10.1. The third-order valence-electron chi connectivity index (χ3n) is 4.25. The first kappa shape index (κ1) is 16.6. The van der Waals surface area contributed by atoms with E-state index in [0.717, 1.165) is 46.8 Å². The summed E-state index contributed by atoms with van der Waals surface area (Å²) >= 11 is 6.03. The Morgan fingerprint density at radius 3 is 2.50 bits per heavy atom. The third-order valence-corrected chi connectivity index (χ3v) is 4.50. The maximum atomic E-state index is 6.03. The molecule has 0 aliphatic heterocycles. The monoisotopic (exact) mass is 362 g/mol. The number of halogens is 1. The Kier molecular flexibility index (Phi) is 4.59. The van der Waals surface area contributed by atoms with Gasteiger partial charge in [-0.15, -0.1) is 0 Å². The van der Waals surface area contributed by atoms with Gasteiger partial charge in [0.15, 0.2) is 5.65 Å². The molecular formula is C21H19ClN4. The van der Waals surface area contributed by atoms with Crippen LogP contribution in [0.1, 0.15) is 13.3 Å². The number of nitrogens with one attached hydrogen (secondary N) is 1. The van der Waals surface area contributed by atoms with Crippen molar-refractivity contribution in [2.45, 2.75) is 13.3 Å².